The average Bonchev–Trinajstić information content (AvgIpc) is 2.76. The molecule has 5 heteroatoms. The molecule has 2 atom stereocenters. The van der Waals surface area contributed by atoms with Gasteiger partial charge in [-0.3, -0.25) is 9.52 Å². The predicted octanol–water partition coefficient (Wildman–Crippen LogP) is 4.62. The summed E-state index contributed by atoms with van der Waals surface area (Å²) in [7, 11) is 0. The normalized spacial score (nSPS) is 26.8. The molecule has 1 fully saturated rings. The number of hydrogen-bond acceptors (Lipinski definition) is 4. The summed E-state index contributed by atoms with van der Waals surface area (Å²) in [5.74, 6) is 0.655. The Labute approximate surface area is 178 Å². The predicted molar refractivity (Wildman–Crippen MR) is 121 cm³/mol. The van der Waals surface area contributed by atoms with Crippen molar-refractivity contribution in [2.75, 3.05) is 12.9 Å². The van der Waals surface area contributed by atoms with Gasteiger partial charge < -0.3 is 9.30 Å². The van der Waals surface area contributed by atoms with Crippen LogP contribution in [0.2, 0.25) is 0 Å². The van der Waals surface area contributed by atoms with Gasteiger partial charge in [-0.1, -0.05) is 48.3 Å². The van der Waals surface area contributed by atoms with Crippen LogP contribution in [-0.4, -0.2) is 29.6 Å². The number of rotatable bonds is 6. The second-order valence-electron chi connectivity index (χ2n) is 8.43. The highest BCUT2D eigenvalue weighted by atomic mass is 32.2. The second-order valence-corrected chi connectivity index (χ2v) is 9.08. The van der Waals surface area contributed by atoms with Crippen molar-refractivity contribution < 1.29 is 4.74 Å². The van der Waals surface area contributed by atoms with E-state index in [0.717, 1.165) is 36.9 Å². The van der Waals surface area contributed by atoms with Crippen LogP contribution in [0.5, 0.6) is 0 Å². The molecular weight excluding hydrogens is 380 g/mol. The smallest absolute Gasteiger partial charge is 0.254 e. The zero-order chi connectivity index (χ0) is 20.2. The van der Waals surface area contributed by atoms with Gasteiger partial charge in [0.05, 0.1) is 18.8 Å². The van der Waals surface area contributed by atoms with Crippen molar-refractivity contribution in [1.82, 2.24) is 9.29 Å². The molecule has 1 saturated carbocycles. The van der Waals surface area contributed by atoms with Gasteiger partial charge in [0, 0.05) is 17.3 Å². The molecule has 1 aromatic carbocycles. The van der Waals surface area contributed by atoms with Crippen LogP contribution < -0.4 is 10.3 Å². The molecule has 4 nitrogen and oxygen atoms in total. The third-order valence-corrected chi connectivity index (χ3v) is 7.15. The molecule has 0 bridgehead atoms. The molecule has 0 amide bonds. The number of nitrogens with zero attached hydrogens (tertiary/aromatic N) is 1. The molecule has 2 unspecified atom stereocenters. The van der Waals surface area contributed by atoms with Crippen molar-refractivity contribution in [1.29, 1.82) is 0 Å². The van der Waals surface area contributed by atoms with Crippen LogP contribution in [-0.2, 0) is 11.2 Å². The van der Waals surface area contributed by atoms with Crippen molar-refractivity contribution in [3.63, 3.8) is 0 Å². The first-order valence-electron chi connectivity index (χ1n) is 10.8. The number of fused-ring (bicyclic) bond motifs is 1. The van der Waals surface area contributed by atoms with E-state index in [-0.39, 0.29) is 17.6 Å². The molecule has 2 heterocycles. The molecule has 0 spiro atoms. The largest absolute Gasteiger partial charge is 0.376 e. The van der Waals surface area contributed by atoms with E-state index < -0.39 is 0 Å². The van der Waals surface area contributed by atoms with Gasteiger partial charge in [0.25, 0.3) is 5.56 Å². The average molecular weight is 413 g/mol. The highest BCUT2D eigenvalue weighted by Gasteiger charge is 2.32. The number of benzene rings is 1. The van der Waals surface area contributed by atoms with Crippen LogP contribution in [0.1, 0.15) is 60.9 Å². The number of ether oxygens (including phenoxy) is 1. The number of hydrogen-bond donors (Lipinski definition) is 1. The lowest BCUT2D eigenvalue weighted by molar-refractivity contribution is -0.00151. The molecule has 4 rings (SSSR count). The SMILES string of the molecule is CSNC1CCc2ccc(C)c(=O)n2C1COC1CCC(c2ccccc2)CC1. The lowest BCUT2D eigenvalue weighted by Gasteiger charge is -2.37. The van der Waals surface area contributed by atoms with Crippen molar-refractivity contribution in [3.8, 4) is 0 Å². The van der Waals surface area contributed by atoms with Gasteiger partial charge in [-0.15, -0.1) is 0 Å². The van der Waals surface area contributed by atoms with E-state index in [1.54, 1.807) is 11.9 Å². The maximum absolute atomic E-state index is 12.9. The minimum atomic E-state index is 0.0606. The number of aromatic nitrogens is 1. The summed E-state index contributed by atoms with van der Waals surface area (Å²) in [6.45, 7) is 2.51. The van der Waals surface area contributed by atoms with Gasteiger partial charge in [0.1, 0.15) is 0 Å². The summed E-state index contributed by atoms with van der Waals surface area (Å²) in [5.41, 5.74) is 3.54. The zero-order valence-electron chi connectivity index (χ0n) is 17.5. The highest BCUT2D eigenvalue weighted by molar-refractivity contribution is 7.96. The third-order valence-electron chi connectivity index (χ3n) is 6.62. The van der Waals surface area contributed by atoms with E-state index in [9.17, 15) is 4.79 Å². The Morgan fingerprint density at radius 1 is 1.07 bits per heavy atom. The topological polar surface area (TPSA) is 43.3 Å². The summed E-state index contributed by atoms with van der Waals surface area (Å²) < 4.78 is 11.9. The molecule has 1 aromatic heterocycles. The number of pyridine rings is 1. The van der Waals surface area contributed by atoms with Crippen molar-refractivity contribution in [2.45, 2.75) is 69.6 Å². The van der Waals surface area contributed by atoms with Gasteiger partial charge in [0.15, 0.2) is 0 Å². The van der Waals surface area contributed by atoms with Crippen LogP contribution in [0.15, 0.2) is 47.3 Å². The number of aryl methyl sites for hydroxylation is 2. The van der Waals surface area contributed by atoms with Gasteiger partial charge in [-0.25, -0.2) is 0 Å². The standard InChI is InChI=1S/C24H32N2O2S/c1-17-8-11-20-12-15-22(25-29-2)23(26(20)24(17)27)16-28-21-13-9-19(10-14-21)18-6-4-3-5-7-18/h3-8,11,19,21-23,25H,9-10,12-16H2,1-2H3. The Morgan fingerprint density at radius 2 is 1.83 bits per heavy atom. The Bertz CT molecular complexity index is 859. The molecule has 1 aliphatic heterocycles. The van der Waals surface area contributed by atoms with Gasteiger partial charge >= 0.3 is 0 Å². The van der Waals surface area contributed by atoms with E-state index in [1.165, 1.54) is 18.4 Å². The van der Waals surface area contributed by atoms with Crippen LogP contribution in [0.4, 0.5) is 0 Å². The molecule has 1 N–H and O–H groups in total. The fraction of sp³-hybridized carbons (Fsp3) is 0.542. The van der Waals surface area contributed by atoms with Crippen LogP contribution in [0.3, 0.4) is 0 Å². The van der Waals surface area contributed by atoms with Gasteiger partial charge in [-0.2, -0.15) is 0 Å². The first-order chi connectivity index (χ1) is 14.2. The second kappa shape index (κ2) is 9.50. The molecule has 156 valence electrons. The number of nitrogens with one attached hydrogen (secondary N) is 1. The molecule has 2 aromatic rings. The quantitative estimate of drug-likeness (QED) is 0.703. The summed E-state index contributed by atoms with van der Waals surface area (Å²) in [4.78, 5) is 12.9. The van der Waals surface area contributed by atoms with Crippen LogP contribution in [0.25, 0.3) is 0 Å². The summed E-state index contributed by atoms with van der Waals surface area (Å²) in [6.07, 6.45) is 8.89. The summed E-state index contributed by atoms with van der Waals surface area (Å²) >= 11 is 1.64. The maximum atomic E-state index is 12.9. The van der Waals surface area contributed by atoms with E-state index in [4.69, 9.17) is 4.74 Å². The van der Waals surface area contributed by atoms with E-state index in [2.05, 4.69) is 47.4 Å². The highest BCUT2D eigenvalue weighted by Crippen LogP contribution is 2.34. The minimum Gasteiger partial charge on any atom is -0.376 e. The molecular formula is C24H32N2O2S. The zero-order valence-corrected chi connectivity index (χ0v) is 18.3. The lowest BCUT2D eigenvalue weighted by atomic mass is 9.83. The lowest BCUT2D eigenvalue weighted by Crippen LogP contribution is -2.46. The molecule has 29 heavy (non-hydrogen) atoms. The molecule has 0 saturated heterocycles. The van der Waals surface area contributed by atoms with Crippen LogP contribution in [0, 0.1) is 6.92 Å². The fourth-order valence-electron chi connectivity index (χ4n) is 4.94. The van der Waals surface area contributed by atoms with Gasteiger partial charge in [-0.05, 0) is 69.3 Å². The van der Waals surface area contributed by atoms with Crippen molar-refractivity contribution in [2.24, 2.45) is 0 Å². The Morgan fingerprint density at radius 3 is 2.55 bits per heavy atom. The Hall–Kier alpha value is -1.56. The van der Waals surface area contributed by atoms with Crippen molar-refractivity contribution in [3.05, 3.63) is 69.6 Å². The fourth-order valence-corrected chi connectivity index (χ4v) is 5.52. The summed E-state index contributed by atoms with van der Waals surface area (Å²) in [5, 5.41) is 0. The van der Waals surface area contributed by atoms with E-state index in [1.807, 2.05) is 17.6 Å². The van der Waals surface area contributed by atoms with E-state index in [0.29, 0.717) is 18.6 Å². The Kier molecular flexibility index (Phi) is 6.78. The first-order valence-corrected chi connectivity index (χ1v) is 12.1. The Balaban J connectivity index is 1.42. The van der Waals surface area contributed by atoms with E-state index >= 15 is 0 Å². The molecule has 1 aliphatic carbocycles. The van der Waals surface area contributed by atoms with Crippen LogP contribution >= 0.6 is 11.9 Å². The first kappa shape index (κ1) is 20.7. The third kappa shape index (κ3) is 4.62. The maximum Gasteiger partial charge on any atom is 0.254 e. The monoisotopic (exact) mass is 412 g/mol. The van der Waals surface area contributed by atoms with Crippen molar-refractivity contribution >= 4 is 11.9 Å². The minimum absolute atomic E-state index is 0.0606. The molecule has 0 radical (unpaired) electrons. The van der Waals surface area contributed by atoms with Gasteiger partial charge in [0.2, 0.25) is 0 Å². The summed E-state index contributed by atoms with van der Waals surface area (Å²) in [6, 6.07) is 15.2. The molecule has 2 aliphatic rings.